The van der Waals surface area contributed by atoms with E-state index < -0.39 is 6.04 Å². The molecule has 5 rings (SSSR count). The van der Waals surface area contributed by atoms with Crippen molar-refractivity contribution < 1.29 is 13.6 Å². The summed E-state index contributed by atoms with van der Waals surface area (Å²) in [5.41, 5.74) is 1.85. The van der Waals surface area contributed by atoms with Gasteiger partial charge in [-0.05, 0) is 48.4 Å². The SMILES string of the molecule is Cc1cc2oc3c(c(=O)c2cc1Cl)C(c1cccnc1)N(Cc1ccco1)C3=O. The average molecular weight is 407 g/mol. The van der Waals surface area contributed by atoms with Crippen molar-refractivity contribution in [1.82, 2.24) is 9.88 Å². The number of furan rings is 1. The number of fused-ring (bicyclic) bond motifs is 2. The van der Waals surface area contributed by atoms with Crippen LogP contribution < -0.4 is 5.43 Å². The predicted molar refractivity (Wildman–Crippen MR) is 107 cm³/mol. The van der Waals surface area contributed by atoms with Gasteiger partial charge < -0.3 is 13.7 Å². The molecule has 0 radical (unpaired) electrons. The summed E-state index contributed by atoms with van der Waals surface area (Å²) in [5, 5.41) is 0.820. The lowest BCUT2D eigenvalue weighted by Gasteiger charge is -2.23. The second-order valence-electron chi connectivity index (χ2n) is 6.97. The summed E-state index contributed by atoms with van der Waals surface area (Å²) in [6.45, 7) is 2.02. The first-order valence-corrected chi connectivity index (χ1v) is 9.42. The minimum atomic E-state index is -0.628. The number of rotatable bonds is 3. The van der Waals surface area contributed by atoms with Crippen molar-refractivity contribution in [2.24, 2.45) is 0 Å². The number of hydrogen-bond donors (Lipinski definition) is 0. The highest BCUT2D eigenvalue weighted by molar-refractivity contribution is 6.32. The Labute approximate surface area is 170 Å². The standard InChI is InChI=1S/C22H15ClN2O4/c1-12-8-17-15(9-16(12)23)20(26)18-19(13-4-2-6-24-10-13)25(22(27)21(18)29-17)11-14-5-3-7-28-14/h2-10,19H,11H2,1H3. The first-order chi connectivity index (χ1) is 14.0. The number of halogens is 1. The van der Waals surface area contributed by atoms with E-state index >= 15 is 0 Å². The normalized spacial score (nSPS) is 15.9. The zero-order valence-electron chi connectivity index (χ0n) is 15.4. The van der Waals surface area contributed by atoms with Gasteiger partial charge in [0.1, 0.15) is 11.3 Å². The van der Waals surface area contributed by atoms with Gasteiger partial charge in [0, 0.05) is 17.4 Å². The van der Waals surface area contributed by atoms with Crippen LogP contribution in [-0.4, -0.2) is 15.8 Å². The van der Waals surface area contributed by atoms with Crippen LogP contribution in [0.25, 0.3) is 11.0 Å². The van der Waals surface area contributed by atoms with Gasteiger partial charge in [-0.25, -0.2) is 0 Å². The van der Waals surface area contributed by atoms with Gasteiger partial charge in [0.15, 0.2) is 5.43 Å². The fourth-order valence-corrected chi connectivity index (χ4v) is 3.92. The van der Waals surface area contributed by atoms with E-state index in [0.717, 1.165) is 11.1 Å². The molecule has 0 saturated carbocycles. The van der Waals surface area contributed by atoms with Crippen LogP contribution >= 0.6 is 11.6 Å². The molecule has 6 nitrogen and oxygen atoms in total. The van der Waals surface area contributed by atoms with Crippen LogP contribution in [0.3, 0.4) is 0 Å². The van der Waals surface area contributed by atoms with E-state index in [9.17, 15) is 9.59 Å². The number of carbonyl (C=O) groups is 1. The van der Waals surface area contributed by atoms with E-state index in [1.807, 2.05) is 13.0 Å². The van der Waals surface area contributed by atoms with Crippen molar-refractivity contribution in [2.75, 3.05) is 0 Å². The summed E-state index contributed by atoms with van der Waals surface area (Å²) >= 11 is 6.24. The van der Waals surface area contributed by atoms with Crippen LogP contribution in [0.1, 0.15) is 39.0 Å². The molecule has 1 aliphatic rings. The maximum Gasteiger partial charge on any atom is 0.291 e. The molecule has 144 valence electrons. The van der Waals surface area contributed by atoms with Crippen LogP contribution in [-0.2, 0) is 6.54 Å². The second-order valence-corrected chi connectivity index (χ2v) is 7.38. The van der Waals surface area contributed by atoms with Gasteiger partial charge in [-0.2, -0.15) is 0 Å². The molecule has 0 aliphatic carbocycles. The van der Waals surface area contributed by atoms with Crippen molar-refractivity contribution in [3.05, 3.63) is 98.5 Å². The van der Waals surface area contributed by atoms with E-state index in [-0.39, 0.29) is 23.6 Å². The number of amides is 1. The molecule has 3 aromatic heterocycles. The maximum absolute atomic E-state index is 13.4. The largest absolute Gasteiger partial charge is 0.467 e. The van der Waals surface area contributed by atoms with Crippen molar-refractivity contribution in [3.63, 3.8) is 0 Å². The number of aromatic nitrogens is 1. The number of aryl methyl sites for hydroxylation is 1. The molecular formula is C22H15ClN2O4. The van der Waals surface area contributed by atoms with Gasteiger partial charge in [-0.15, -0.1) is 0 Å². The third-order valence-electron chi connectivity index (χ3n) is 5.15. The molecule has 4 aromatic rings. The third kappa shape index (κ3) is 2.76. The highest BCUT2D eigenvalue weighted by Crippen LogP contribution is 2.39. The molecule has 1 atom stereocenters. The van der Waals surface area contributed by atoms with E-state index in [1.54, 1.807) is 53.9 Å². The zero-order valence-corrected chi connectivity index (χ0v) is 16.1. The Balaban J connectivity index is 1.77. The summed E-state index contributed by atoms with van der Waals surface area (Å²) in [4.78, 5) is 32.4. The quantitative estimate of drug-likeness (QED) is 0.501. The van der Waals surface area contributed by atoms with Crippen molar-refractivity contribution in [1.29, 1.82) is 0 Å². The van der Waals surface area contributed by atoms with Crippen molar-refractivity contribution >= 4 is 28.5 Å². The maximum atomic E-state index is 13.4. The van der Waals surface area contributed by atoms with Crippen LogP contribution in [0.4, 0.5) is 0 Å². The number of pyridine rings is 1. The number of hydrogen-bond acceptors (Lipinski definition) is 5. The third-order valence-corrected chi connectivity index (χ3v) is 5.56. The zero-order chi connectivity index (χ0) is 20.1. The van der Waals surface area contributed by atoms with Crippen LogP contribution in [0, 0.1) is 6.92 Å². The molecular weight excluding hydrogens is 392 g/mol. The molecule has 0 saturated heterocycles. The Hall–Kier alpha value is -3.38. The van der Waals surface area contributed by atoms with Gasteiger partial charge in [-0.3, -0.25) is 14.6 Å². The topological polar surface area (TPSA) is 76.6 Å². The summed E-state index contributed by atoms with van der Waals surface area (Å²) in [5.74, 6) is 0.289. The number of carbonyl (C=O) groups excluding carboxylic acids is 1. The molecule has 4 heterocycles. The van der Waals surface area contributed by atoms with Crippen LogP contribution in [0.15, 0.2) is 68.7 Å². The van der Waals surface area contributed by atoms with E-state index in [0.29, 0.717) is 27.3 Å². The Bertz CT molecular complexity index is 1300. The predicted octanol–water partition coefficient (Wildman–Crippen LogP) is 4.49. The summed E-state index contributed by atoms with van der Waals surface area (Å²) in [6, 6.07) is 9.79. The average Bonchev–Trinajstić information content (AvgIpc) is 3.32. The fourth-order valence-electron chi connectivity index (χ4n) is 3.76. The molecule has 1 aliphatic heterocycles. The van der Waals surface area contributed by atoms with Crippen molar-refractivity contribution in [2.45, 2.75) is 19.5 Å². The van der Waals surface area contributed by atoms with E-state index in [4.69, 9.17) is 20.4 Å². The first-order valence-electron chi connectivity index (χ1n) is 9.04. The smallest absolute Gasteiger partial charge is 0.291 e. The van der Waals surface area contributed by atoms with Crippen LogP contribution in [0.2, 0.25) is 5.02 Å². The number of benzene rings is 1. The first kappa shape index (κ1) is 17.7. The Kier molecular flexibility index (Phi) is 4.03. The lowest BCUT2D eigenvalue weighted by molar-refractivity contribution is 0.0701. The van der Waals surface area contributed by atoms with Crippen molar-refractivity contribution in [3.8, 4) is 0 Å². The van der Waals surface area contributed by atoms with Gasteiger partial charge in [-0.1, -0.05) is 17.7 Å². The Morgan fingerprint density at radius 1 is 1.21 bits per heavy atom. The lowest BCUT2D eigenvalue weighted by Crippen LogP contribution is -2.29. The number of nitrogens with zero attached hydrogens (tertiary/aromatic N) is 2. The summed E-state index contributed by atoms with van der Waals surface area (Å²) in [6.07, 6.45) is 4.84. The van der Waals surface area contributed by atoms with Gasteiger partial charge in [0.25, 0.3) is 5.91 Å². The summed E-state index contributed by atoms with van der Waals surface area (Å²) in [7, 11) is 0. The van der Waals surface area contributed by atoms with Gasteiger partial charge >= 0.3 is 0 Å². The molecule has 0 spiro atoms. The highest BCUT2D eigenvalue weighted by Gasteiger charge is 2.43. The molecule has 1 amide bonds. The Morgan fingerprint density at radius 3 is 2.79 bits per heavy atom. The van der Waals surface area contributed by atoms with Gasteiger partial charge in [0.05, 0.1) is 29.8 Å². The summed E-state index contributed by atoms with van der Waals surface area (Å²) < 4.78 is 11.4. The molecule has 0 fully saturated rings. The fraction of sp³-hybridized carbons (Fsp3) is 0.136. The molecule has 0 bridgehead atoms. The Morgan fingerprint density at radius 2 is 2.07 bits per heavy atom. The highest BCUT2D eigenvalue weighted by atomic mass is 35.5. The molecule has 29 heavy (non-hydrogen) atoms. The molecule has 1 aromatic carbocycles. The second kappa shape index (κ2) is 6.60. The monoisotopic (exact) mass is 406 g/mol. The van der Waals surface area contributed by atoms with Crippen LogP contribution in [0.5, 0.6) is 0 Å². The molecule has 1 unspecified atom stereocenters. The molecule has 0 N–H and O–H groups in total. The van der Waals surface area contributed by atoms with E-state index in [2.05, 4.69) is 4.98 Å². The minimum absolute atomic E-state index is 0.0460. The van der Waals surface area contributed by atoms with Gasteiger partial charge in [0.2, 0.25) is 5.76 Å². The van der Waals surface area contributed by atoms with E-state index in [1.165, 1.54) is 0 Å². The minimum Gasteiger partial charge on any atom is -0.467 e. The lowest BCUT2D eigenvalue weighted by atomic mass is 9.99. The molecule has 7 heteroatoms.